The van der Waals surface area contributed by atoms with E-state index in [0.29, 0.717) is 0 Å². The van der Waals surface area contributed by atoms with Gasteiger partial charge in [0.25, 0.3) is 0 Å². The zero-order valence-corrected chi connectivity index (χ0v) is 6.62. The molecule has 0 heterocycles. The van der Waals surface area contributed by atoms with E-state index < -0.39 is 5.97 Å². The number of carbonyl (C=O) groups excluding carboxylic acids is 1. The van der Waals surface area contributed by atoms with Crippen LogP contribution >= 0.6 is 0 Å². The predicted molar refractivity (Wildman–Crippen MR) is 42.5 cm³/mol. The minimum atomic E-state index is -1.01. The lowest BCUT2D eigenvalue weighted by molar-refractivity contribution is -0.138. The van der Waals surface area contributed by atoms with Gasteiger partial charge in [-0.15, -0.1) is 0 Å². The van der Waals surface area contributed by atoms with Gasteiger partial charge in [-0.2, -0.15) is 0 Å². The molecule has 0 saturated carbocycles. The molecule has 4 heteroatoms. The van der Waals surface area contributed by atoms with Crippen LogP contribution in [0.3, 0.4) is 0 Å². The Hall–Kier alpha value is -1.32. The fraction of sp³-hybridized carbons (Fsp3) is 0.500. The first kappa shape index (κ1) is 8.77. The fourth-order valence-electron chi connectivity index (χ4n) is 1.14. The number of aliphatic carboxylic acids is 1. The Morgan fingerprint density at radius 1 is 1.42 bits per heavy atom. The van der Waals surface area contributed by atoms with E-state index in [9.17, 15) is 9.59 Å². The Labute approximate surface area is 70.3 Å². The van der Waals surface area contributed by atoms with Crippen LogP contribution in [0.15, 0.2) is 12.2 Å². The smallest absolute Gasteiger partial charge is 0.322 e. The van der Waals surface area contributed by atoms with Crippen molar-refractivity contribution in [1.82, 2.24) is 5.32 Å². The first-order chi connectivity index (χ1) is 5.70. The minimum Gasteiger partial charge on any atom is -0.480 e. The molecule has 1 aliphatic rings. The van der Waals surface area contributed by atoms with Crippen LogP contribution in [-0.4, -0.2) is 23.5 Å². The zero-order valence-electron chi connectivity index (χ0n) is 6.62. The molecule has 0 bridgehead atoms. The summed E-state index contributed by atoms with van der Waals surface area (Å²) in [6, 6.07) is 0. The molecule has 0 aliphatic heterocycles. The number of carboxylic acids is 1. The highest BCUT2D eigenvalue weighted by Crippen LogP contribution is 2.17. The van der Waals surface area contributed by atoms with Crippen LogP contribution in [0.4, 0.5) is 0 Å². The van der Waals surface area contributed by atoms with Crippen molar-refractivity contribution in [2.24, 2.45) is 5.92 Å². The van der Waals surface area contributed by atoms with E-state index in [1.807, 2.05) is 12.2 Å². The fourth-order valence-corrected chi connectivity index (χ4v) is 1.14. The maximum absolute atomic E-state index is 11.1. The normalized spacial score (nSPS) is 16.3. The number of hydrogen-bond donors (Lipinski definition) is 2. The van der Waals surface area contributed by atoms with Gasteiger partial charge in [0.2, 0.25) is 5.91 Å². The summed E-state index contributed by atoms with van der Waals surface area (Å²) in [6.45, 7) is -0.282. The van der Waals surface area contributed by atoms with E-state index in [1.54, 1.807) is 0 Å². The Balaban J connectivity index is 2.24. The first-order valence-corrected chi connectivity index (χ1v) is 3.84. The molecule has 0 saturated heterocycles. The third kappa shape index (κ3) is 2.38. The van der Waals surface area contributed by atoms with Crippen LogP contribution < -0.4 is 5.32 Å². The number of nitrogens with one attached hydrogen (secondary N) is 1. The molecule has 0 aromatic heterocycles. The highest BCUT2D eigenvalue weighted by atomic mass is 16.4. The second-order valence-electron chi connectivity index (χ2n) is 2.75. The second kappa shape index (κ2) is 3.90. The van der Waals surface area contributed by atoms with Gasteiger partial charge in [-0.3, -0.25) is 9.59 Å². The molecule has 4 nitrogen and oxygen atoms in total. The van der Waals surface area contributed by atoms with Gasteiger partial charge in [0, 0.05) is 5.92 Å². The summed E-state index contributed by atoms with van der Waals surface area (Å²) >= 11 is 0. The molecule has 1 rings (SSSR count). The third-order valence-electron chi connectivity index (χ3n) is 1.79. The highest BCUT2D eigenvalue weighted by molar-refractivity contribution is 5.83. The second-order valence-corrected chi connectivity index (χ2v) is 2.75. The van der Waals surface area contributed by atoms with Crippen molar-refractivity contribution in [2.45, 2.75) is 12.8 Å². The molecule has 0 aromatic rings. The number of amides is 1. The molecule has 0 aromatic carbocycles. The van der Waals surface area contributed by atoms with Crippen LogP contribution in [0.2, 0.25) is 0 Å². The molecule has 0 spiro atoms. The van der Waals surface area contributed by atoms with E-state index in [2.05, 4.69) is 5.32 Å². The van der Waals surface area contributed by atoms with Crippen molar-refractivity contribution in [2.75, 3.05) is 6.54 Å². The van der Waals surface area contributed by atoms with E-state index in [4.69, 9.17) is 5.11 Å². The van der Waals surface area contributed by atoms with Crippen LogP contribution in [0.25, 0.3) is 0 Å². The van der Waals surface area contributed by atoms with E-state index in [0.717, 1.165) is 12.8 Å². The standard InChI is InChI=1S/C8H11NO3/c10-7(11)5-9-8(12)6-3-1-2-4-6/h1-2,6H,3-5H2,(H,9,12)(H,10,11). The summed E-state index contributed by atoms with van der Waals surface area (Å²) in [5.74, 6) is -1.22. The van der Waals surface area contributed by atoms with Gasteiger partial charge in [0.05, 0.1) is 0 Å². The van der Waals surface area contributed by atoms with Crippen molar-refractivity contribution >= 4 is 11.9 Å². The van der Waals surface area contributed by atoms with Crippen LogP contribution in [-0.2, 0) is 9.59 Å². The van der Waals surface area contributed by atoms with Gasteiger partial charge < -0.3 is 10.4 Å². The van der Waals surface area contributed by atoms with Crippen molar-refractivity contribution in [3.8, 4) is 0 Å². The number of carbonyl (C=O) groups is 2. The van der Waals surface area contributed by atoms with Gasteiger partial charge in [-0.05, 0) is 12.8 Å². The largest absolute Gasteiger partial charge is 0.480 e. The summed E-state index contributed by atoms with van der Waals surface area (Å²) in [6.07, 6.45) is 5.33. The topological polar surface area (TPSA) is 66.4 Å². The number of rotatable bonds is 3. The molecule has 12 heavy (non-hydrogen) atoms. The molecular weight excluding hydrogens is 158 g/mol. The van der Waals surface area contributed by atoms with Crippen molar-refractivity contribution in [3.05, 3.63) is 12.2 Å². The van der Waals surface area contributed by atoms with Gasteiger partial charge in [-0.25, -0.2) is 0 Å². The van der Waals surface area contributed by atoms with Gasteiger partial charge in [-0.1, -0.05) is 12.2 Å². The molecule has 1 amide bonds. The molecule has 2 N–H and O–H groups in total. The molecular formula is C8H11NO3. The average Bonchev–Trinajstić information content (AvgIpc) is 2.51. The summed E-state index contributed by atoms with van der Waals surface area (Å²) in [5.41, 5.74) is 0. The van der Waals surface area contributed by atoms with E-state index in [-0.39, 0.29) is 18.4 Å². The van der Waals surface area contributed by atoms with Crippen molar-refractivity contribution in [1.29, 1.82) is 0 Å². The third-order valence-corrected chi connectivity index (χ3v) is 1.79. The predicted octanol–water partition coefficient (Wildman–Crippen LogP) is 0.153. The first-order valence-electron chi connectivity index (χ1n) is 3.84. The monoisotopic (exact) mass is 169 g/mol. The molecule has 0 radical (unpaired) electrons. The minimum absolute atomic E-state index is 0.0515. The summed E-state index contributed by atoms with van der Waals surface area (Å²) < 4.78 is 0. The lowest BCUT2D eigenvalue weighted by Gasteiger charge is -2.07. The van der Waals surface area contributed by atoms with Crippen molar-refractivity contribution in [3.63, 3.8) is 0 Å². The Bertz CT molecular complexity index is 214. The molecule has 0 unspecified atom stereocenters. The zero-order chi connectivity index (χ0) is 8.97. The molecule has 0 fully saturated rings. The van der Waals surface area contributed by atoms with Gasteiger partial charge in [0.15, 0.2) is 0 Å². The van der Waals surface area contributed by atoms with Gasteiger partial charge in [0.1, 0.15) is 6.54 Å². The van der Waals surface area contributed by atoms with Crippen molar-refractivity contribution < 1.29 is 14.7 Å². The maximum Gasteiger partial charge on any atom is 0.322 e. The molecule has 0 atom stereocenters. The van der Waals surface area contributed by atoms with Crippen LogP contribution in [0.5, 0.6) is 0 Å². The lowest BCUT2D eigenvalue weighted by Crippen LogP contribution is -2.33. The summed E-state index contributed by atoms with van der Waals surface area (Å²) in [5, 5.41) is 10.6. The number of allylic oxidation sites excluding steroid dienone is 2. The van der Waals surface area contributed by atoms with Crippen LogP contribution in [0, 0.1) is 5.92 Å². The van der Waals surface area contributed by atoms with E-state index in [1.165, 1.54) is 0 Å². The van der Waals surface area contributed by atoms with E-state index >= 15 is 0 Å². The molecule has 1 aliphatic carbocycles. The Kier molecular flexibility index (Phi) is 2.85. The molecule has 66 valence electrons. The quantitative estimate of drug-likeness (QED) is 0.591. The SMILES string of the molecule is O=C(O)CNC(=O)C1CC=CC1. The summed E-state index contributed by atoms with van der Waals surface area (Å²) in [4.78, 5) is 21.2. The van der Waals surface area contributed by atoms with Gasteiger partial charge >= 0.3 is 5.97 Å². The maximum atomic E-state index is 11.1. The Morgan fingerprint density at radius 3 is 2.50 bits per heavy atom. The lowest BCUT2D eigenvalue weighted by atomic mass is 10.1. The number of hydrogen-bond acceptors (Lipinski definition) is 2. The van der Waals surface area contributed by atoms with Crippen LogP contribution in [0.1, 0.15) is 12.8 Å². The average molecular weight is 169 g/mol. The number of carboxylic acid groups (broad SMARTS) is 1. The highest BCUT2D eigenvalue weighted by Gasteiger charge is 2.18. The summed E-state index contributed by atoms with van der Waals surface area (Å²) in [7, 11) is 0. The Morgan fingerprint density at radius 2 is 2.00 bits per heavy atom.